The van der Waals surface area contributed by atoms with Crippen molar-refractivity contribution in [3.05, 3.63) is 77.3 Å². The molecule has 0 amide bonds. The average Bonchev–Trinajstić information content (AvgIpc) is 3.44. The van der Waals surface area contributed by atoms with Gasteiger partial charge in [0.25, 0.3) is 0 Å². The molecule has 1 unspecified atom stereocenters. The summed E-state index contributed by atoms with van der Waals surface area (Å²) < 4.78 is 45.9. The second-order valence-electron chi connectivity index (χ2n) is 9.42. The molecule has 1 saturated carbocycles. The zero-order valence-corrected chi connectivity index (χ0v) is 21.1. The lowest BCUT2D eigenvalue weighted by Crippen LogP contribution is -2.35. The van der Waals surface area contributed by atoms with E-state index in [0.29, 0.717) is 44.6 Å². The predicted molar refractivity (Wildman–Crippen MR) is 131 cm³/mol. The van der Waals surface area contributed by atoms with Gasteiger partial charge in [-0.05, 0) is 53.3 Å². The van der Waals surface area contributed by atoms with Crippen LogP contribution in [-0.2, 0) is 0 Å². The lowest BCUT2D eigenvalue weighted by Gasteiger charge is -2.18. The second-order valence-corrected chi connectivity index (χ2v) is 9.82. The molecule has 1 aliphatic carbocycles. The number of pyridine rings is 1. The summed E-state index contributed by atoms with van der Waals surface area (Å²) in [5.74, 6) is 0.0967. The number of rotatable bonds is 8. The maximum Gasteiger partial charge on any atom is 0.335 e. The summed E-state index contributed by atoms with van der Waals surface area (Å²) in [7, 11) is 0. The molecule has 0 spiro atoms. The zero-order chi connectivity index (χ0) is 27.3. The van der Waals surface area contributed by atoms with Crippen LogP contribution in [0, 0.1) is 22.9 Å². The van der Waals surface area contributed by atoms with Gasteiger partial charge in [-0.1, -0.05) is 18.5 Å². The topological polar surface area (TPSA) is 119 Å². The van der Waals surface area contributed by atoms with Crippen molar-refractivity contribution in [2.75, 3.05) is 0 Å². The van der Waals surface area contributed by atoms with E-state index in [4.69, 9.17) is 11.6 Å². The largest absolute Gasteiger partial charge is 0.618 e. The first-order chi connectivity index (χ1) is 18.8. The first-order valence-electron chi connectivity index (χ1n) is 12.0. The summed E-state index contributed by atoms with van der Waals surface area (Å²) in [4.78, 5) is 3.94. The first kappa shape index (κ1) is 25.0. The van der Waals surface area contributed by atoms with Crippen LogP contribution < -0.4 is 4.73 Å². The van der Waals surface area contributed by atoms with E-state index in [1.165, 1.54) is 29.5 Å². The summed E-state index contributed by atoms with van der Waals surface area (Å²) in [5, 5.41) is 32.3. The Morgan fingerprint density at radius 2 is 2.00 bits per heavy atom. The van der Waals surface area contributed by atoms with Crippen LogP contribution >= 0.6 is 11.6 Å². The molecule has 0 saturated heterocycles. The van der Waals surface area contributed by atoms with Crippen LogP contribution in [-0.4, -0.2) is 44.8 Å². The second kappa shape index (κ2) is 9.76. The van der Waals surface area contributed by atoms with Gasteiger partial charge in [0.1, 0.15) is 18.7 Å². The molecule has 5 aromatic rings. The monoisotopic (exact) mass is 556 g/mol. The number of alkyl halides is 2. The van der Waals surface area contributed by atoms with Gasteiger partial charge in [-0.25, -0.2) is 9.37 Å². The van der Waals surface area contributed by atoms with Crippen LogP contribution in [0.15, 0.2) is 55.5 Å². The fourth-order valence-corrected chi connectivity index (χ4v) is 4.94. The molecule has 0 bridgehead atoms. The number of benzene rings is 1. The van der Waals surface area contributed by atoms with E-state index in [1.807, 2.05) is 0 Å². The van der Waals surface area contributed by atoms with Crippen molar-refractivity contribution in [1.82, 2.24) is 44.8 Å². The molecule has 1 aliphatic rings. The molecule has 15 heteroatoms. The van der Waals surface area contributed by atoms with Crippen molar-refractivity contribution in [2.24, 2.45) is 11.8 Å². The van der Waals surface area contributed by atoms with Gasteiger partial charge in [0.15, 0.2) is 17.8 Å². The van der Waals surface area contributed by atoms with Crippen LogP contribution in [0.4, 0.5) is 13.2 Å². The lowest BCUT2D eigenvalue weighted by molar-refractivity contribution is -0.615. The molecule has 4 aromatic heterocycles. The summed E-state index contributed by atoms with van der Waals surface area (Å²) in [6.45, 7) is -0.742. The van der Waals surface area contributed by atoms with Gasteiger partial charge >= 0.3 is 6.55 Å². The van der Waals surface area contributed by atoms with Gasteiger partial charge < -0.3 is 5.21 Å². The van der Waals surface area contributed by atoms with E-state index < -0.39 is 18.4 Å². The molecule has 4 heterocycles. The van der Waals surface area contributed by atoms with Crippen LogP contribution in [0.3, 0.4) is 0 Å². The van der Waals surface area contributed by atoms with Gasteiger partial charge in [-0.15, -0.1) is 5.10 Å². The van der Waals surface area contributed by atoms with E-state index in [9.17, 15) is 14.0 Å². The highest BCUT2D eigenvalue weighted by Gasteiger charge is 2.38. The number of tetrazole rings is 1. The van der Waals surface area contributed by atoms with Crippen LogP contribution in [0.25, 0.3) is 28.2 Å². The molecule has 0 radical (unpaired) electrons. The van der Waals surface area contributed by atoms with Gasteiger partial charge in [0.2, 0.25) is 5.69 Å². The minimum absolute atomic E-state index is 0.0355. The Morgan fingerprint density at radius 1 is 1.18 bits per heavy atom. The molecule has 0 aliphatic heterocycles. The molecular weight excluding hydrogens is 537 g/mol. The minimum Gasteiger partial charge on any atom is -0.618 e. The summed E-state index contributed by atoms with van der Waals surface area (Å²) in [5.41, 5.74) is 1.32. The third kappa shape index (κ3) is 4.60. The van der Waals surface area contributed by atoms with Gasteiger partial charge in [-0.2, -0.15) is 33.1 Å². The molecule has 11 nitrogen and oxygen atoms in total. The minimum atomic E-state index is -2.87. The van der Waals surface area contributed by atoms with Crippen molar-refractivity contribution in [3.63, 3.8) is 0 Å². The van der Waals surface area contributed by atoms with E-state index in [2.05, 4.69) is 37.6 Å². The molecular formula is C24H20ClF3N10O. The summed E-state index contributed by atoms with van der Waals surface area (Å²) >= 11 is 6.06. The highest BCUT2D eigenvalue weighted by Crippen LogP contribution is 2.45. The fraction of sp³-hybridized carbons (Fsp3) is 0.292. The van der Waals surface area contributed by atoms with Gasteiger partial charge in [0, 0.05) is 12.3 Å². The van der Waals surface area contributed by atoms with E-state index >= 15 is 4.39 Å². The van der Waals surface area contributed by atoms with Crippen LogP contribution in [0.2, 0.25) is 5.02 Å². The van der Waals surface area contributed by atoms with Crippen molar-refractivity contribution in [3.8, 4) is 28.2 Å². The highest BCUT2D eigenvalue weighted by atomic mass is 35.5. The Labute approximate surface area is 224 Å². The molecule has 3 atom stereocenters. The van der Waals surface area contributed by atoms with E-state index in [1.54, 1.807) is 29.1 Å². The van der Waals surface area contributed by atoms with E-state index in [-0.39, 0.29) is 22.0 Å². The highest BCUT2D eigenvalue weighted by molar-refractivity contribution is 6.31. The third-order valence-corrected chi connectivity index (χ3v) is 7.27. The smallest absolute Gasteiger partial charge is 0.335 e. The number of halogens is 4. The zero-order valence-electron chi connectivity index (χ0n) is 20.3. The van der Waals surface area contributed by atoms with Crippen molar-refractivity contribution < 1.29 is 17.9 Å². The van der Waals surface area contributed by atoms with Gasteiger partial charge in [0.05, 0.1) is 33.6 Å². The molecule has 6 rings (SSSR count). The fourth-order valence-electron chi connectivity index (χ4n) is 4.78. The molecule has 0 N–H and O–H groups in total. The van der Waals surface area contributed by atoms with Crippen molar-refractivity contribution in [2.45, 2.75) is 32.4 Å². The molecule has 1 fully saturated rings. The van der Waals surface area contributed by atoms with Gasteiger partial charge in [-0.3, -0.25) is 4.68 Å². The molecule has 200 valence electrons. The molecule has 39 heavy (non-hydrogen) atoms. The Hall–Kier alpha value is -4.33. The Kier molecular flexibility index (Phi) is 6.25. The predicted octanol–water partition coefficient (Wildman–Crippen LogP) is 4.24. The summed E-state index contributed by atoms with van der Waals surface area (Å²) in [6.07, 6.45) is 8.21. The number of nitrogens with zero attached hydrogens (tertiary/aromatic N) is 10. The Morgan fingerprint density at radius 3 is 2.69 bits per heavy atom. The lowest BCUT2D eigenvalue weighted by atomic mass is 10.0. The normalized spacial score (nSPS) is 17.6. The van der Waals surface area contributed by atoms with Crippen molar-refractivity contribution in [1.29, 1.82) is 0 Å². The summed E-state index contributed by atoms with van der Waals surface area (Å²) in [6, 6.07) is 5.65. The van der Waals surface area contributed by atoms with E-state index in [0.717, 1.165) is 12.7 Å². The number of hydrogen-bond acceptors (Lipinski definition) is 7. The number of hydrogen-bond donors (Lipinski definition) is 0. The standard InChI is InChI=1S/C24H20ClF3N10O/c1-13-6-15(13)7-20(35-9-16(8-31-35)23-29-11-32-38(23)24(27)28)18-4-2-14(10-37(18)39)21-19(36-12-30-33-34-36)5-3-17(25)22(21)26/h2-5,8-13,15,20,24H,6-7H2,1H3/t13?,15-,20+/m0/s1. The Bertz CT molecular complexity index is 1640. The molecule has 1 aromatic carbocycles. The third-order valence-electron chi connectivity index (χ3n) is 6.98. The van der Waals surface area contributed by atoms with Crippen molar-refractivity contribution >= 4 is 11.6 Å². The number of aromatic nitrogens is 10. The van der Waals surface area contributed by atoms with Crippen LogP contribution in [0.1, 0.15) is 38.1 Å². The Balaban J connectivity index is 1.40. The SMILES string of the molecule is CC1C[C@H]1C[C@H](c1ccc(-c2c(-n3cnnn3)ccc(Cl)c2F)c[n+]1[O-])n1cc(-c2ncnn2C(F)F)cn1. The quantitative estimate of drug-likeness (QED) is 0.207. The first-order valence-corrected chi connectivity index (χ1v) is 12.4. The maximum atomic E-state index is 15.2. The average molecular weight is 557 g/mol. The maximum absolute atomic E-state index is 15.2. The van der Waals surface area contributed by atoms with Crippen LogP contribution in [0.5, 0.6) is 0 Å².